The zero-order chi connectivity index (χ0) is 25.2. The van der Waals surface area contributed by atoms with Gasteiger partial charge in [-0.3, -0.25) is 0 Å². The van der Waals surface area contributed by atoms with Crippen molar-refractivity contribution < 1.29 is 9.53 Å². The zero-order valence-electron chi connectivity index (χ0n) is 21.4. The maximum absolute atomic E-state index is 12.9. The first-order valence-electron chi connectivity index (χ1n) is 12.6. The Balaban J connectivity index is 1.63. The molecule has 182 valence electrons. The van der Waals surface area contributed by atoms with Gasteiger partial charge in [0.1, 0.15) is 5.75 Å². The number of nitrogens with zero attached hydrogens (tertiary/aromatic N) is 2. The van der Waals surface area contributed by atoms with Crippen LogP contribution in [0.4, 0.5) is 4.79 Å². The van der Waals surface area contributed by atoms with Crippen molar-refractivity contribution in [2.75, 3.05) is 13.1 Å². The molecule has 0 spiro atoms. The number of hydrogen-bond acceptors (Lipinski definition) is 2. The number of ether oxygens (including phenoxy) is 1. The van der Waals surface area contributed by atoms with Gasteiger partial charge in [-0.1, -0.05) is 66.2 Å². The lowest BCUT2D eigenvalue weighted by molar-refractivity contribution is 0.157. The molecule has 0 fully saturated rings. The Bertz CT molecular complexity index is 1540. The minimum Gasteiger partial charge on any atom is -0.410 e. The first kappa shape index (κ1) is 23.7. The van der Waals surface area contributed by atoms with Crippen LogP contribution in [0.25, 0.3) is 32.8 Å². The highest BCUT2D eigenvalue weighted by Crippen LogP contribution is 2.38. The molecular formula is C32H32N2O2. The second-order valence-corrected chi connectivity index (χ2v) is 9.30. The Morgan fingerprint density at radius 1 is 0.833 bits per heavy atom. The molecule has 0 aliphatic heterocycles. The number of aryl methyl sites for hydroxylation is 2. The van der Waals surface area contributed by atoms with Gasteiger partial charge in [-0.15, -0.1) is 0 Å². The number of amides is 1. The molecule has 36 heavy (non-hydrogen) atoms. The van der Waals surface area contributed by atoms with E-state index in [2.05, 4.69) is 97.4 Å². The Kier molecular flexibility index (Phi) is 6.51. The summed E-state index contributed by atoms with van der Waals surface area (Å²) in [5.74, 6) is 0.586. The van der Waals surface area contributed by atoms with E-state index in [1.165, 1.54) is 27.5 Å². The van der Waals surface area contributed by atoms with Crippen LogP contribution in [0, 0.1) is 13.8 Å². The van der Waals surface area contributed by atoms with Crippen LogP contribution in [-0.4, -0.2) is 28.6 Å². The lowest BCUT2D eigenvalue weighted by Gasteiger charge is -2.20. The van der Waals surface area contributed by atoms with Crippen LogP contribution in [0.3, 0.4) is 0 Å². The second-order valence-electron chi connectivity index (χ2n) is 9.30. The predicted octanol–water partition coefficient (Wildman–Crippen LogP) is 7.97. The van der Waals surface area contributed by atoms with E-state index in [4.69, 9.17) is 4.74 Å². The number of fused-ring (bicyclic) bond motifs is 2. The van der Waals surface area contributed by atoms with E-state index in [0.717, 1.165) is 28.6 Å². The summed E-state index contributed by atoms with van der Waals surface area (Å²) in [6, 6.07) is 27.5. The SMILES string of the molecule is CCN(CC)C(=O)Oc1ccc2c(ccn2Cc2c(C)ccc3ccccc23)c1-c1ccc(C)cc1. The van der Waals surface area contributed by atoms with Gasteiger partial charge >= 0.3 is 6.09 Å². The quantitative estimate of drug-likeness (QED) is 0.249. The third-order valence-electron chi connectivity index (χ3n) is 7.08. The van der Waals surface area contributed by atoms with Crippen molar-refractivity contribution in [2.45, 2.75) is 34.2 Å². The van der Waals surface area contributed by atoms with Crippen LogP contribution in [0.5, 0.6) is 5.75 Å². The molecule has 1 amide bonds. The molecule has 4 aromatic carbocycles. The van der Waals surface area contributed by atoms with E-state index < -0.39 is 0 Å². The lowest BCUT2D eigenvalue weighted by Crippen LogP contribution is -2.33. The van der Waals surface area contributed by atoms with Crippen molar-refractivity contribution in [3.63, 3.8) is 0 Å². The number of hydrogen-bond donors (Lipinski definition) is 0. The monoisotopic (exact) mass is 476 g/mol. The van der Waals surface area contributed by atoms with Crippen LogP contribution in [0.15, 0.2) is 85.1 Å². The van der Waals surface area contributed by atoms with E-state index in [9.17, 15) is 4.79 Å². The first-order valence-corrected chi connectivity index (χ1v) is 12.6. The van der Waals surface area contributed by atoms with Crippen LogP contribution in [0.1, 0.15) is 30.5 Å². The molecule has 0 saturated heterocycles. The van der Waals surface area contributed by atoms with Gasteiger partial charge in [0, 0.05) is 42.3 Å². The fraction of sp³-hybridized carbons (Fsp3) is 0.219. The zero-order valence-corrected chi connectivity index (χ0v) is 21.4. The van der Waals surface area contributed by atoms with Gasteiger partial charge in [-0.2, -0.15) is 0 Å². The molecule has 0 radical (unpaired) electrons. The van der Waals surface area contributed by atoms with Gasteiger partial charge in [-0.25, -0.2) is 4.79 Å². The fourth-order valence-corrected chi connectivity index (χ4v) is 4.96. The van der Waals surface area contributed by atoms with Crippen LogP contribution < -0.4 is 4.74 Å². The summed E-state index contributed by atoms with van der Waals surface area (Å²) < 4.78 is 8.25. The molecule has 0 aliphatic rings. The van der Waals surface area contributed by atoms with Gasteiger partial charge in [-0.05, 0) is 73.4 Å². The smallest absolute Gasteiger partial charge is 0.410 e. The molecule has 1 heterocycles. The van der Waals surface area contributed by atoms with Crippen LogP contribution >= 0.6 is 0 Å². The third-order valence-corrected chi connectivity index (χ3v) is 7.08. The highest BCUT2D eigenvalue weighted by atomic mass is 16.6. The molecule has 0 aliphatic carbocycles. The molecule has 5 rings (SSSR count). The van der Waals surface area contributed by atoms with Crippen LogP contribution in [-0.2, 0) is 6.54 Å². The summed E-state index contributed by atoms with van der Waals surface area (Å²) >= 11 is 0. The van der Waals surface area contributed by atoms with Gasteiger partial charge in [0.2, 0.25) is 0 Å². The van der Waals surface area contributed by atoms with Crippen LogP contribution in [0.2, 0.25) is 0 Å². The summed E-state index contributed by atoms with van der Waals surface area (Å²) in [4.78, 5) is 14.5. The average Bonchev–Trinajstić information content (AvgIpc) is 3.30. The topological polar surface area (TPSA) is 34.5 Å². The van der Waals surface area contributed by atoms with E-state index in [1.54, 1.807) is 4.90 Å². The van der Waals surface area contributed by atoms with E-state index in [1.807, 2.05) is 19.9 Å². The Morgan fingerprint density at radius 2 is 1.58 bits per heavy atom. The first-order chi connectivity index (χ1) is 17.5. The van der Waals surface area contributed by atoms with Crippen molar-refractivity contribution in [3.05, 3.63) is 102 Å². The molecule has 4 heteroatoms. The van der Waals surface area contributed by atoms with E-state index in [-0.39, 0.29) is 6.09 Å². The number of benzene rings is 4. The molecule has 0 atom stereocenters. The third kappa shape index (κ3) is 4.35. The second kappa shape index (κ2) is 9.90. The standard InChI is InChI=1S/C32H32N2O2/c1-5-33(6-2)32(35)36-30-18-17-29-27(31(30)25-14-11-22(3)12-15-25)19-20-34(29)21-28-23(4)13-16-24-9-7-8-10-26(24)28/h7-20H,5-6,21H2,1-4H3. The van der Waals surface area contributed by atoms with Crippen molar-refractivity contribution in [3.8, 4) is 16.9 Å². The molecule has 0 N–H and O–H groups in total. The molecule has 5 aromatic rings. The van der Waals surface area contributed by atoms with Gasteiger partial charge in [0.15, 0.2) is 0 Å². The number of aromatic nitrogens is 1. The maximum Gasteiger partial charge on any atom is 0.415 e. The summed E-state index contributed by atoms with van der Waals surface area (Å²) in [6.45, 7) is 10.2. The summed E-state index contributed by atoms with van der Waals surface area (Å²) in [6.07, 6.45) is 1.82. The number of rotatable bonds is 6. The normalized spacial score (nSPS) is 11.2. The fourth-order valence-electron chi connectivity index (χ4n) is 4.96. The Morgan fingerprint density at radius 3 is 2.33 bits per heavy atom. The van der Waals surface area contributed by atoms with Crippen molar-refractivity contribution >= 4 is 27.8 Å². The summed E-state index contributed by atoms with van der Waals surface area (Å²) in [7, 11) is 0. The molecule has 0 bridgehead atoms. The van der Waals surface area contributed by atoms with Crippen molar-refractivity contribution in [1.82, 2.24) is 9.47 Å². The largest absolute Gasteiger partial charge is 0.415 e. The minimum absolute atomic E-state index is 0.321. The Labute approximate surface area is 212 Å². The van der Waals surface area contributed by atoms with Crippen molar-refractivity contribution in [2.24, 2.45) is 0 Å². The Hall–Kier alpha value is -4.05. The molecule has 4 nitrogen and oxygen atoms in total. The minimum atomic E-state index is -0.321. The number of carbonyl (C=O) groups excluding carboxylic acids is 1. The lowest BCUT2D eigenvalue weighted by atomic mass is 9.98. The summed E-state index contributed by atoms with van der Waals surface area (Å²) in [5.41, 5.74) is 6.88. The predicted molar refractivity (Wildman–Crippen MR) is 149 cm³/mol. The summed E-state index contributed by atoms with van der Waals surface area (Å²) in [5, 5.41) is 3.60. The van der Waals surface area contributed by atoms with E-state index >= 15 is 0 Å². The highest BCUT2D eigenvalue weighted by molar-refractivity contribution is 6.00. The van der Waals surface area contributed by atoms with Crippen molar-refractivity contribution in [1.29, 1.82) is 0 Å². The molecule has 1 aromatic heterocycles. The maximum atomic E-state index is 12.9. The highest BCUT2D eigenvalue weighted by Gasteiger charge is 2.19. The molecule has 0 unspecified atom stereocenters. The van der Waals surface area contributed by atoms with Gasteiger partial charge in [0.05, 0.1) is 0 Å². The number of carbonyl (C=O) groups is 1. The molecule has 0 saturated carbocycles. The van der Waals surface area contributed by atoms with Gasteiger partial charge in [0.25, 0.3) is 0 Å². The average molecular weight is 477 g/mol. The molecular weight excluding hydrogens is 444 g/mol. The van der Waals surface area contributed by atoms with Gasteiger partial charge < -0.3 is 14.2 Å². The van der Waals surface area contributed by atoms with E-state index in [0.29, 0.717) is 18.8 Å².